The molecule has 0 amide bonds. The number of aromatic nitrogens is 2. The van der Waals surface area contributed by atoms with E-state index in [1.807, 2.05) is 18.2 Å². The van der Waals surface area contributed by atoms with Gasteiger partial charge in [-0.05, 0) is 30.3 Å². The largest absolute Gasteiger partial charge is 0.399 e. The van der Waals surface area contributed by atoms with Crippen molar-refractivity contribution in [1.82, 2.24) is 9.97 Å². The number of nitrogens with zero attached hydrogens (tertiary/aromatic N) is 1. The fourth-order valence-electron chi connectivity index (χ4n) is 1.99. The van der Waals surface area contributed by atoms with Gasteiger partial charge in [0.2, 0.25) is 0 Å². The van der Waals surface area contributed by atoms with Crippen molar-refractivity contribution in [3.8, 4) is 22.6 Å². The number of halogens is 2. The molecule has 0 saturated carbocycles. The number of aromatic amines is 1. The predicted octanol–water partition coefficient (Wildman–Crippen LogP) is 4.23. The van der Waals surface area contributed by atoms with Crippen LogP contribution in [0, 0.1) is 5.82 Å². The second-order valence-electron chi connectivity index (χ2n) is 4.40. The Bertz CT molecular complexity index is 767. The molecule has 20 heavy (non-hydrogen) atoms. The lowest BCUT2D eigenvalue weighted by Gasteiger charge is -2.01. The van der Waals surface area contributed by atoms with Crippen LogP contribution < -0.4 is 5.73 Å². The lowest BCUT2D eigenvalue weighted by Crippen LogP contribution is -1.87. The Balaban J connectivity index is 2.04. The molecule has 0 aliphatic heterocycles. The minimum atomic E-state index is -0.295. The maximum absolute atomic E-state index is 13.8. The number of nitrogens with one attached hydrogen (secondary N) is 1. The Morgan fingerprint density at radius 3 is 2.80 bits per heavy atom. The number of benzene rings is 2. The van der Waals surface area contributed by atoms with Crippen molar-refractivity contribution < 1.29 is 4.39 Å². The summed E-state index contributed by atoms with van der Waals surface area (Å²) in [5.74, 6) is 0.364. The summed E-state index contributed by atoms with van der Waals surface area (Å²) in [5, 5.41) is 0. The minimum Gasteiger partial charge on any atom is -0.399 e. The van der Waals surface area contributed by atoms with Crippen LogP contribution >= 0.6 is 15.9 Å². The molecule has 1 heterocycles. The van der Waals surface area contributed by atoms with Crippen LogP contribution in [0.1, 0.15) is 0 Å². The van der Waals surface area contributed by atoms with E-state index < -0.39 is 0 Å². The van der Waals surface area contributed by atoms with Crippen molar-refractivity contribution in [2.24, 2.45) is 0 Å². The van der Waals surface area contributed by atoms with Crippen LogP contribution in [0.4, 0.5) is 10.1 Å². The molecule has 100 valence electrons. The summed E-state index contributed by atoms with van der Waals surface area (Å²) < 4.78 is 14.7. The average molecular weight is 332 g/mol. The Labute approximate surface area is 123 Å². The fourth-order valence-corrected chi connectivity index (χ4v) is 2.36. The first kappa shape index (κ1) is 12.9. The summed E-state index contributed by atoms with van der Waals surface area (Å²) in [6.45, 7) is 0. The van der Waals surface area contributed by atoms with E-state index in [9.17, 15) is 4.39 Å². The summed E-state index contributed by atoms with van der Waals surface area (Å²) >= 11 is 3.34. The van der Waals surface area contributed by atoms with Gasteiger partial charge in [0.15, 0.2) is 0 Å². The number of imidazole rings is 1. The monoisotopic (exact) mass is 331 g/mol. The molecule has 5 heteroatoms. The first-order valence-corrected chi connectivity index (χ1v) is 6.79. The van der Waals surface area contributed by atoms with E-state index >= 15 is 0 Å². The molecule has 0 atom stereocenters. The van der Waals surface area contributed by atoms with Gasteiger partial charge in [-0.15, -0.1) is 0 Å². The van der Waals surface area contributed by atoms with Gasteiger partial charge in [-0.2, -0.15) is 0 Å². The molecule has 2 aromatic carbocycles. The SMILES string of the molecule is Nc1cccc(-c2ncc(-c3cc(Br)ccc3F)[nH]2)c1. The summed E-state index contributed by atoms with van der Waals surface area (Å²) in [6.07, 6.45) is 1.61. The molecule has 0 spiro atoms. The first-order valence-electron chi connectivity index (χ1n) is 6.00. The van der Waals surface area contributed by atoms with E-state index in [2.05, 4.69) is 25.9 Å². The van der Waals surface area contributed by atoms with E-state index in [4.69, 9.17) is 5.73 Å². The number of nitrogen functional groups attached to an aromatic ring is 1. The normalized spacial score (nSPS) is 10.7. The number of nitrogens with two attached hydrogens (primary N) is 1. The summed E-state index contributed by atoms with van der Waals surface area (Å²) in [7, 11) is 0. The minimum absolute atomic E-state index is 0.295. The zero-order valence-electron chi connectivity index (χ0n) is 10.4. The quantitative estimate of drug-likeness (QED) is 0.690. The van der Waals surface area contributed by atoms with Crippen molar-refractivity contribution >= 4 is 21.6 Å². The molecule has 0 aliphatic carbocycles. The van der Waals surface area contributed by atoms with Gasteiger partial charge < -0.3 is 10.7 Å². The molecule has 3 N–H and O–H groups in total. The Morgan fingerprint density at radius 1 is 1.15 bits per heavy atom. The van der Waals surface area contributed by atoms with Gasteiger partial charge in [-0.25, -0.2) is 9.37 Å². The van der Waals surface area contributed by atoms with Crippen LogP contribution in [0.5, 0.6) is 0 Å². The van der Waals surface area contributed by atoms with E-state index in [0.29, 0.717) is 22.8 Å². The van der Waals surface area contributed by atoms with Gasteiger partial charge in [0.1, 0.15) is 11.6 Å². The molecule has 0 bridgehead atoms. The van der Waals surface area contributed by atoms with Crippen LogP contribution in [-0.2, 0) is 0 Å². The van der Waals surface area contributed by atoms with Crippen LogP contribution in [0.25, 0.3) is 22.6 Å². The smallest absolute Gasteiger partial charge is 0.137 e. The molecule has 0 unspecified atom stereocenters. The van der Waals surface area contributed by atoms with Gasteiger partial charge in [0, 0.05) is 21.3 Å². The number of H-pyrrole nitrogens is 1. The highest BCUT2D eigenvalue weighted by Crippen LogP contribution is 2.27. The number of hydrogen-bond donors (Lipinski definition) is 2. The maximum Gasteiger partial charge on any atom is 0.137 e. The van der Waals surface area contributed by atoms with Crippen LogP contribution in [0.3, 0.4) is 0 Å². The number of rotatable bonds is 2. The van der Waals surface area contributed by atoms with Gasteiger partial charge in [0.05, 0.1) is 11.9 Å². The molecular weight excluding hydrogens is 321 g/mol. The van der Waals surface area contributed by atoms with Gasteiger partial charge >= 0.3 is 0 Å². The molecule has 0 radical (unpaired) electrons. The van der Waals surface area contributed by atoms with Crippen molar-refractivity contribution in [1.29, 1.82) is 0 Å². The maximum atomic E-state index is 13.8. The zero-order valence-corrected chi connectivity index (χ0v) is 12.0. The summed E-state index contributed by atoms with van der Waals surface area (Å²) in [4.78, 5) is 7.40. The second-order valence-corrected chi connectivity index (χ2v) is 5.31. The van der Waals surface area contributed by atoms with Crippen LogP contribution in [-0.4, -0.2) is 9.97 Å². The van der Waals surface area contributed by atoms with Gasteiger partial charge in [-0.3, -0.25) is 0 Å². The third kappa shape index (κ3) is 2.44. The zero-order chi connectivity index (χ0) is 14.1. The highest BCUT2D eigenvalue weighted by molar-refractivity contribution is 9.10. The lowest BCUT2D eigenvalue weighted by atomic mass is 10.1. The second kappa shape index (κ2) is 5.09. The van der Waals surface area contributed by atoms with E-state index in [1.54, 1.807) is 24.4 Å². The Morgan fingerprint density at radius 2 is 2.00 bits per heavy atom. The van der Waals surface area contributed by atoms with Crippen molar-refractivity contribution in [3.63, 3.8) is 0 Å². The topological polar surface area (TPSA) is 54.7 Å². The highest BCUT2D eigenvalue weighted by Gasteiger charge is 2.10. The Kier molecular flexibility index (Phi) is 3.28. The first-order chi connectivity index (χ1) is 9.63. The van der Waals surface area contributed by atoms with Crippen LogP contribution in [0.15, 0.2) is 53.1 Å². The van der Waals surface area contributed by atoms with Gasteiger partial charge in [-0.1, -0.05) is 28.1 Å². The van der Waals surface area contributed by atoms with E-state index in [0.717, 1.165) is 10.0 Å². The van der Waals surface area contributed by atoms with E-state index in [-0.39, 0.29) is 5.82 Å². The third-order valence-corrected chi connectivity index (χ3v) is 3.45. The fraction of sp³-hybridized carbons (Fsp3) is 0. The average Bonchev–Trinajstić information content (AvgIpc) is 2.91. The van der Waals surface area contributed by atoms with Crippen molar-refractivity contribution in [2.75, 3.05) is 5.73 Å². The molecule has 0 saturated heterocycles. The summed E-state index contributed by atoms with van der Waals surface area (Å²) in [5.41, 5.74) is 8.38. The van der Waals surface area contributed by atoms with Crippen molar-refractivity contribution in [3.05, 3.63) is 59.0 Å². The number of anilines is 1. The predicted molar refractivity (Wildman–Crippen MR) is 81.5 cm³/mol. The Hall–Kier alpha value is -2.14. The van der Waals surface area contributed by atoms with Crippen molar-refractivity contribution in [2.45, 2.75) is 0 Å². The molecule has 3 nitrogen and oxygen atoms in total. The van der Waals surface area contributed by atoms with Crippen LogP contribution in [0.2, 0.25) is 0 Å². The molecule has 1 aromatic heterocycles. The number of hydrogen-bond acceptors (Lipinski definition) is 2. The molecule has 0 aliphatic rings. The molecule has 3 rings (SSSR count). The molecule has 3 aromatic rings. The third-order valence-electron chi connectivity index (χ3n) is 2.95. The lowest BCUT2D eigenvalue weighted by molar-refractivity contribution is 0.630. The van der Waals surface area contributed by atoms with E-state index in [1.165, 1.54) is 6.07 Å². The molecule has 0 fully saturated rings. The summed E-state index contributed by atoms with van der Waals surface area (Å²) in [6, 6.07) is 12.2. The molecular formula is C15H11BrFN3. The van der Waals surface area contributed by atoms with Gasteiger partial charge in [0.25, 0.3) is 0 Å². The highest BCUT2D eigenvalue weighted by atomic mass is 79.9. The standard InChI is InChI=1S/C15H11BrFN3/c16-10-4-5-13(17)12(7-10)14-8-19-15(20-14)9-2-1-3-11(18)6-9/h1-8H,18H2,(H,19,20).